The molecule has 0 saturated carbocycles. The summed E-state index contributed by atoms with van der Waals surface area (Å²) in [5.41, 5.74) is 13.1. The summed E-state index contributed by atoms with van der Waals surface area (Å²) in [6.45, 7) is 20.6. The molecule has 13 rings (SSSR count). The van der Waals surface area contributed by atoms with Crippen molar-refractivity contribution >= 4 is 76.5 Å². The molecular formula is C71H59N4OPt-3. The van der Waals surface area contributed by atoms with Crippen LogP contribution in [0.4, 0.5) is 11.4 Å². The quantitative estimate of drug-likeness (QED) is 0.149. The number of anilines is 2. The second kappa shape index (κ2) is 18.9. The van der Waals surface area contributed by atoms with E-state index in [-0.39, 0.29) is 37.3 Å². The molecule has 0 N–H and O–H groups in total. The Hall–Kier alpha value is -8.11. The number of rotatable bonds is 7. The molecule has 0 radical (unpaired) electrons. The van der Waals surface area contributed by atoms with Gasteiger partial charge < -0.3 is 18.8 Å². The summed E-state index contributed by atoms with van der Waals surface area (Å²) in [5.74, 6) is 2.03. The molecule has 0 atom stereocenters. The molecule has 0 aliphatic carbocycles. The zero-order valence-electron chi connectivity index (χ0n) is 44.7. The summed E-state index contributed by atoms with van der Waals surface area (Å²) >= 11 is 0. The minimum absolute atomic E-state index is 0. The Kier molecular flexibility index (Phi) is 12.2. The Morgan fingerprint density at radius 3 is 1.74 bits per heavy atom. The molecule has 382 valence electrons. The molecule has 4 heterocycles. The Morgan fingerprint density at radius 1 is 0.455 bits per heavy atom. The molecule has 5 nitrogen and oxygen atoms in total. The molecule has 0 saturated heterocycles. The molecule has 77 heavy (non-hydrogen) atoms. The Bertz CT molecular complexity index is 4360. The molecule has 12 aromatic rings. The molecule has 0 bridgehead atoms. The van der Waals surface area contributed by atoms with Gasteiger partial charge in [-0.3, -0.25) is 0 Å². The summed E-state index contributed by atoms with van der Waals surface area (Å²) in [7, 11) is 0. The van der Waals surface area contributed by atoms with Crippen LogP contribution in [-0.2, 0) is 37.3 Å². The van der Waals surface area contributed by atoms with Crippen LogP contribution >= 0.6 is 0 Å². The van der Waals surface area contributed by atoms with E-state index >= 15 is 0 Å². The van der Waals surface area contributed by atoms with Gasteiger partial charge in [-0.05, 0) is 124 Å². The van der Waals surface area contributed by atoms with Crippen LogP contribution in [-0.4, -0.2) is 14.1 Å². The third-order valence-electron chi connectivity index (χ3n) is 15.7. The number of nitrogens with zero attached hydrogens (tertiary/aromatic N) is 4. The van der Waals surface area contributed by atoms with Crippen molar-refractivity contribution in [2.75, 3.05) is 4.90 Å². The molecule has 3 aromatic heterocycles. The van der Waals surface area contributed by atoms with Crippen molar-refractivity contribution in [3.8, 4) is 28.4 Å². The van der Waals surface area contributed by atoms with E-state index < -0.39 is 0 Å². The van der Waals surface area contributed by atoms with E-state index in [9.17, 15) is 0 Å². The SMILES string of the molecule is CC(C)(C)c1cc(-c2cccc3c4ccccc4c4ccccc4c4cccc5c4n(c23)[CH-]N5c2[c-]c(Oc3[c-]c4c(cc3)c3ccccc3n4-c3cc(C(C)(C)C)ccn3)ccc2)cc(C(C)(C)c2ccccc2)c1.[Pt]. The summed E-state index contributed by atoms with van der Waals surface area (Å²) in [6, 6.07) is 80.0. The van der Waals surface area contributed by atoms with E-state index in [1.54, 1.807) is 0 Å². The van der Waals surface area contributed by atoms with Gasteiger partial charge in [0, 0.05) is 55.4 Å². The minimum Gasteiger partial charge on any atom is -0.509 e. The van der Waals surface area contributed by atoms with Crippen LogP contribution in [0.3, 0.4) is 0 Å². The fourth-order valence-corrected chi connectivity index (χ4v) is 11.5. The number of hydrogen-bond acceptors (Lipinski definition) is 3. The number of hydrogen-bond donors (Lipinski definition) is 0. The van der Waals surface area contributed by atoms with Gasteiger partial charge in [0.1, 0.15) is 5.82 Å². The summed E-state index contributed by atoms with van der Waals surface area (Å²) in [6.07, 6.45) is 1.91. The van der Waals surface area contributed by atoms with Gasteiger partial charge in [0.25, 0.3) is 0 Å². The van der Waals surface area contributed by atoms with E-state index in [0.29, 0.717) is 11.5 Å². The summed E-state index contributed by atoms with van der Waals surface area (Å²) in [4.78, 5) is 7.18. The van der Waals surface area contributed by atoms with Crippen molar-refractivity contribution in [2.45, 2.75) is 71.6 Å². The second-order valence-corrected chi connectivity index (χ2v) is 23.0. The monoisotopic (exact) mass is 1180 g/mol. The van der Waals surface area contributed by atoms with Crippen molar-refractivity contribution in [3.63, 3.8) is 0 Å². The summed E-state index contributed by atoms with van der Waals surface area (Å²) < 4.78 is 11.5. The number of ether oxygens (including phenoxy) is 1. The number of fused-ring (bicyclic) bond motifs is 10. The number of aromatic nitrogens is 3. The van der Waals surface area contributed by atoms with Crippen LogP contribution in [0, 0.1) is 18.8 Å². The third-order valence-corrected chi connectivity index (χ3v) is 15.7. The number of benzene rings is 9. The average Bonchev–Trinajstić information content (AvgIpc) is 4.20. The second-order valence-electron chi connectivity index (χ2n) is 23.0. The van der Waals surface area contributed by atoms with Gasteiger partial charge in [-0.25, -0.2) is 4.98 Å². The standard InChI is InChI=1S/C71H59N4O.Pt/c1-69(2,3)48-37-38-72-66(42-48)75-63-33-17-16-29-59(63)60-36-35-53(44-65(60)75)76-52-24-18-23-51(43-52)73-45-74-67-54(46-39-49(70(4,5)6)41-50(40-46)71(7,8)47-21-10-9-11-22-47)30-19-31-61(67)57-27-14-12-25-55(57)56-26-13-15-28-58(56)62-32-20-34-64(73)68(62)74;/h9-42,45H,1-8H3;/q-3;. The topological polar surface area (TPSA) is 35.2 Å². The van der Waals surface area contributed by atoms with Crippen LogP contribution < -0.4 is 9.64 Å². The van der Waals surface area contributed by atoms with Crippen molar-refractivity contribution in [2.24, 2.45) is 0 Å². The molecule has 6 heteroatoms. The van der Waals surface area contributed by atoms with Crippen LogP contribution in [0.15, 0.2) is 206 Å². The Labute approximate surface area is 466 Å². The summed E-state index contributed by atoms with van der Waals surface area (Å²) in [5, 5.41) is 9.26. The maximum Gasteiger partial charge on any atom is 0.135 e. The van der Waals surface area contributed by atoms with E-state index in [4.69, 9.17) is 9.72 Å². The van der Waals surface area contributed by atoms with Crippen molar-refractivity contribution < 1.29 is 25.8 Å². The van der Waals surface area contributed by atoms with Gasteiger partial charge in [-0.1, -0.05) is 212 Å². The predicted octanol–water partition coefficient (Wildman–Crippen LogP) is 18.8. The fraction of sp³-hybridized carbons (Fsp3) is 0.155. The Balaban J connectivity index is 0.00000596. The zero-order valence-corrected chi connectivity index (χ0v) is 47.0. The van der Waals surface area contributed by atoms with E-state index in [0.717, 1.165) is 66.4 Å². The largest absolute Gasteiger partial charge is 0.509 e. The van der Waals surface area contributed by atoms with E-state index in [2.05, 4.69) is 276 Å². The molecule has 0 fully saturated rings. The van der Waals surface area contributed by atoms with Crippen LogP contribution in [0.25, 0.3) is 82.1 Å². The maximum absolute atomic E-state index is 6.81. The van der Waals surface area contributed by atoms with Crippen LogP contribution in [0.2, 0.25) is 0 Å². The molecule has 0 spiro atoms. The van der Waals surface area contributed by atoms with E-state index in [1.807, 2.05) is 18.3 Å². The van der Waals surface area contributed by atoms with Gasteiger partial charge in [-0.15, -0.1) is 35.7 Å². The minimum atomic E-state index is -0.261. The van der Waals surface area contributed by atoms with Crippen molar-refractivity contribution in [1.82, 2.24) is 14.1 Å². The average molecular weight is 1180 g/mol. The number of para-hydroxylation sites is 3. The molecule has 0 unspecified atom stereocenters. The normalized spacial score (nSPS) is 12.6. The first-order valence-corrected chi connectivity index (χ1v) is 26.4. The first kappa shape index (κ1) is 49.7. The van der Waals surface area contributed by atoms with Gasteiger partial charge in [-0.2, -0.15) is 12.1 Å². The Morgan fingerprint density at radius 2 is 1.04 bits per heavy atom. The fourth-order valence-electron chi connectivity index (χ4n) is 11.5. The molecule has 0 amide bonds. The van der Waals surface area contributed by atoms with Gasteiger partial charge >= 0.3 is 0 Å². The molecular weight excluding hydrogens is 1120 g/mol. The van der Waals surface area contributed by atoms with Gasteiger partial charge in [0.15, 0.2) is 0 Å². The van der Waals surface area contributed by atoms with Crippen LogP contribution in [0.1, 0.15) is 77.6 Å². The first-order valence-electron chi connectivity index (χ1n) is 26.4. The van der Waals surface area contributed by atoms with Gasteiger partial charge in [0.2, 0.25) is 0 Å². The predicted molar refractivity (Wildman–Crippen MR) is 318 cm³/mol. The van der Waals surface area contributed by atoms with Crippen LogP contribution in [0.5, 0.6) is 11.5 Å². The molecule has 1 aliphatic heterocycles. The maximum atomic E-state index is 6.81. The van der Waals surface area contributed by atoms with E-state index in [1.165, 1.54) is 49.4 Å². The van der Waals surface area contributed by atoms with Crippen molar-refractivity contribution in [1.29, 1.82) is 0 Å². The van der Waals surface area contributed by atoms with Gasteiger partial charge in [0.05, 0.1) is 0 Å². The zero-order chi connectivity index (χ0) is 52.1. The first-order chi connectivity index (χ1) is 36.7. The third kappa shape index (κ3) is 8.53. The van der Waals surface area contributed by atoms with Crippen molar-refractivity contribution in [3.05, 3.63) is 247 Å². The molecule has 9 aromatic carbocycles. The smallest absolute Gasteiger partial charge is 0.135 e. The number of pyridine rings is 1. The molecule has 1 aliphatic rings.